The van der Waals surface area contributed by atoms with Crippen LogP contribution in [0.1, 0.15) is 30.0 Å². The highest BCUT2D eigenvalue weighted by atomic mass is 32.2. The van der Waals surface area contributed by atoms with Crippen LogP contribution < -0.4 is 10.6 Å². The minimum Gasteiger partial charge on any atom is -0.357 e. The van der Waals surface area contributed by atoms with E-state index in [0.717, 1.165) is 12.1 Å². The molecular formula is C22H31N3O2S2. The molecule has 0 radical (unpaired) electrons. The van der Waals surface area contributed by atoms with Crippen molar-refractivity contribution in [3.8, 4) is 0 Å². The Labute approximate surface area is 179 Å². The number of thioether (sulfide) groups is 1. The molecule has 0 saturated carbocycles. The Hall–Kier alpha value is -1.99. The normalized spacial score (nSPS) is 12.0. The second-order valence-corrected chi connectivity index (χ2v) is 9.90. The van der Waals surface area contributed by atoms with Crippen molar-refractivity contribution >= 4 is 27.6 Å². The van der Waals surface area contributed by atoms with Crippen LogP contribution in [-0.4, -0.2) is 39.5 Å². The maximum Gasteiger partial charge on any atom is 0.191 e. The van der Waals surface area contributed by atoms with Crippen LogP contribution in [-0.2, 0) is 22.1 Å². The molecular weight excluding hydrogens is 402 g/mol. The Morgan fingerprint density at radius 3 is 2.55 bits per heavy atom. The minimum absolute atomic E-state index is 0.0902. The van der Waals surface area contributed by atoms with E-state index in [9.17, 15) is 8.42 Å². The highest BCUT2D eigenvalue weighted by molar-refractivity contribution is 7.98. The van der Waals surface area contributed by atoms with E-state index in [2.05, 4.69) is 47.0 Å². The zero-order valence-electron chi connectivity index (χ0n) is 17.4. The quantitative estimate of drug-likeness (QED) is 0.258. The number of rotatable bonds is 10. The van der Waals surface area contributed by atoms with Crippen LogP contribution in [0.3, 0.4) is 0 Å². The van der Waals surface area contributed by atoms with Gasteiger partial charge in [0.1, 0.15) is 0 Å². The third-order valence-corrected chi connectivity index (χ3v) is 6.85. The fourth-order valence-electron chi connectivity index (χ4n) is 2.89. The molecule has 0 aliphatic carbocycles. The van der Waals surface area contributed by atoms with E-state index in [-0.39, 0.29) is 11.5 Å². The van der Waals surface area contributed by atoms with Crippen LogP contribution >= 0.6 is 11.8 Å². The molecule has 2 aromatic carbocycles. The number of hydrogen-bond acceptors (Lipinski definition) is 4. The SMILES string of the molecule is CCNC(=NCc1ccc(C)cc1SC)NCCCS(=O)(=O)Cc1ccccc1. The average molecular weight is 434 g/mol. The lowest BCUT2D eigenvalue weighted by atomic mass is 10.1. The van der Waals surface area contributed by atoms with Crippen LogP contribution in [0.15, 0.2) is 58.4 Å². The van der Waals surface area contributed by atoms with Gasteiger partial charge < -0.3 is 10.6 Å². The molecule has 0 heterocycles. The summed E-state index contributed by atoms with van der Waals surface area (Å²) in [4.78, 5) is 5.89. The first-order valence-electron chi connectivity index (χ1n) is 9.83. The minimum atomic E-state index is -3.12. The predicted octanol–water partition coefficient (Wildman–Crippen LogP) is 3.78. The Morgan fingerprint density at radius 1 is 1.10 bits per heavy atom. The van der Waals surface area contributed by atoms with E-state index in [1.54, 1.807) is 11.8 Å². The number of benzene rings is 2. The lowest BCUT2D eigenvalue weighted by Crippen LogP contribution is -2.38. The molecule has 0 aliphatic heterocycles. The molecule has 0 spiro atoms. The van der Waals surface area contributed by atoms with Gasteiger partial charge in [0, 0.05) is 18.0 Å². The number of aliphatic imine (C=N–C) groups is 1. The van der Waals surface area contributed by atoms with Crippen LogP contribution in [0, 0.1) is 6.92 Å². The number of sulfone groups is 1. The van der Waals surface area contributed by atoms with Crippen molar-refractivity contribution in [1.82, 2.24) is 10.6 Å². The van der Waals surface area contributed by atoms with Crippen LogP contribution in [0.25, 0.3) is 0 Å². The molecule has 0 aromatic heterocycles. The number of guanidine groups is 1. The number of hydrogen-bond donors (Lipinski definition) is 2. The zero-order chi connectivity index (χ0) is 21.1. The predicted molar refractivity (Wildman–Crippen MR) is 124 cm³/mol. The fraction of sp³-hybridized carbons (Fsp3) is 0.409. The third-order valence-electron chi connectivity index (χ3n) is 4.35. The summed E-state index contributed by atoms with van der Waals surface area (Å²) >= 11 is 1.72. The largest absolute Gasteiger partial charge is 0.357 e. The van der Waals surface area contributed by atoms with Gasteiger partial charge in [-0.1, -0.05) is 42.5 Å². The summed E-state index contributed by atoms with van der Waals surface area (Å²) in [6.07, 6.45) is 2.61. The van der Waals surface area contributed by atoms with Gasteiger partial charge in [0.2, 0.25) is 0 Å². The highest BCUT2D eigenvalue weighted by Gasteiger charge is 2.11. The molecule has 29 heavy (non-hydrogen) atoms. The topological polar surface area (TPSA) is 70.6 Å². The molecule has 0 atom stereocenters. The molecule has 7 heteroatoms. The van der Waals surface area contributed by atoms with Gasteiger partial charge in [-0.2, -0.15) is 0 Å². The lowest BCUT2D eigenvalue weighted by molar-refractivity contribution is 0.591. The molecule has 0 amide bonds. The van der Waals surface area contributed by atoms with Gasteiger partial charge in [-0.05, 0) is 49.3 Å². The van der Waals surface area contributed by atoms with E-state index in [0.29, 0.717) is 25.5 Å². The van der Waals surface area contributed by atoms with E-state index in [4.69, 9.17) is 0 Å². The maximum absolute atomic E-state index is 12.3. The number of aryl methyl sites for hydroxylation is 1. The van der Waals surface area contributed by atoms with Crippen molar-refractivity contribution < 1.29 is 8.42 Å². The number of nitrogens with one attached hydrogen (secondary N) is 2. The monoisotopic (exact) mass is 433 g/mol. The average Bonchev–Trinajstić information content (AvgIpc) is 2.70. The smallest absolute Gasteiger partial charge is 0.191 e. The summed E-state index contributed by atoms with van der Waals surface area (Å²) in [6, 6.07) is 15.7. The van der Waals surface area contributed by atoms with Gasteiger partial charge in [0.25, 0.3) is 0 Å². The second-order valence-electron chi connectivity index (χ2n) is 6.87. The molecule has 2 N–H and O–H groups in total. The van der Waals surface area contributed by atoms with E-state index in [1.807, 2.05) is 37.3 Å². The summed E-state index contributed by atoms with van der Waals surface area (Å²) in [6.45, 7) is 5.99. The summed E-state index contributed by atoms with van der Waals surface area (Å²) in [5.41, 5.74) is 3.26. The Kier molecular flexibility index (Phi) is 9.54. The summed E-state index contributed by atoms with van der Waals surface area (Å²) < 4.78 is 24.6. The van der Waals surface area contributed by atoms with Gasteiger partial charge in [0.05, 0.1) is 18.1 Å². The lowest BCUT2D eigenvalue weighted by Gasteiger charge is -2.12. The van der Waals surface area contributed by atoms with Crippen LogP contribution in [0.2, 0.25) is 0 Å². The van der Waals surface area contributed by atoms with E-state index in [1.165, 1.54) is 16.0 Å². The standard InChI is InChI=1S/C22H31N3O2S2/c1-4-23-22(25-16-20-12-11-18(2)15-21(20)28-3)24-13-8-14-29(26,27)17-19-9-6-5-7-10-19/h5-7,9-12,15H,4,8,13-14,16-17H2,1-3H3,(H2,23,24,25). The first-order chi connectivity index (χ1) is 13.9. The summed E-state index contributed by atoms with van der Waals surface area (Å²) in [7, 11) is -3.12. The molecule has 0 bridgehead atoms. The Balaban J connectivity index is 1.86. The van der Waals surface area contributed by atoms with Crippen molar-refractivity contribution in [2.24, 2.45) is 4.99 Å². The fourth-order valence-corrected chi connectivity index (χ4v) is 5.01. The van der Waals surface area contributed by atoms with Crippen molar-refractivity contribution in [3.63, 3.8) is 0 Å². The molecule has 2 aromatic rings. The van der Waals surface area contributed by atoms with Crippen LogP contribution in [0.5, 0.6) is 0 Å². The molecule has 158 valence electrons. The van der Waals surface area contributed by atoms with E-state index < -0.39 is 9.84 Å². The van der Waals surface area contributed by atoms with Gasteiger partial charge >= 0.3 is 0 Å². The summed E-state index contributed by atoms with van der Waals surface area (Å²) in [5.74, 6) is 0.955. The zero-order valence-corrected chi connectivity index (χ0v) is 19.1. The third kappa shape index (κ3) is 8.50. The van der Waals surface area contributed by atoms with Crippen molar-refractivity contribution in [1.29, 1.82) is 0 Å². The van der Waals surface area contributed by atoms with Crippen molar-refractivity contribution in [3.05, 3.63) is 65.2 Å². The Morgan fingerprint density at radius 2 is 1.86 bits per heavy atom. The van der Waals surface area contributed by atoms with Crippen LogP contribution in [0.4, 0.5) is 0 Å². The van der Waals surface area contributed by atoms with Crippen molar-refractivity contribution in [2.45, 2.75) is 37.5 Å². The molecule has 0 fully saturated rings. The molecule has 5 nitrogen and oxygen atoms in total. The van der Waals surface area contributed by atoms with Gasteiger partial charge in [-0.25, -0.2) is 13.4 Å². The maximum atomic E-state index is 12.3. The van der Waals surface area contributed by atoms with Gasteiger partial charge in [-0.15, -0.1) is 11.8 Å². The highest BCUT2D eigenvalue weighted by Crippen LogP contribution is 2.22. The Bertz CT molecular complexity index is 898. The second kappa shape index (κ2) is 11.9. The first-order valence-corrected chi connectivity index (χ1v) is 12.9. The molecule has 2 rings (SSSR count). The van der Waals surface area contributed by atoms with Gasteiger partial charge in [-0.3, -0.25) is 0 Å². The molecule has 0 unspecified atom stereocenters. The molecule has 0 saturated heterocycles. The molecule has 0 aliphatic rings. The summed E-state index contributed by atoms with van der Waals surface area (Å²) in [5, 5.41) is 6.47. The first kappa shape index (κ1) is 23.3. The number of nitrogens with zero attached hydrogens (tertiary/aromatic N) is 1. The van der Waals surface area contributed by atoms with Crippen molar-refractivity contribution in [2.75, 3.05) is 25.1 Å². The van der Waals surface area contributed by atoms with Gasteiger partial charge in [0.15, 0.2) is 15.8 Å². The van der Waals surface area contributed by atoms with E-state index >= 15 is 0 Å².